The van der Waals surface area contributed by atoms with Gasteiger partial charge in [0.25, 0.3) is 0 Å². The van der Waals surface area contributed by atoms with Crippen molar-refractivity contribution >= 4 is 21.4 Å². The molecule has 1 aliphatic rings. The van der Waals surface area contributed by atoms with Crippen LogP contribution in [0.25, 0.3) is 0 Å². The zero-order chi connectivity index (χ0) is 15.5. The van der Waals surface area contributed by atoms with E-state index < -0.39 is 10.0 Å². The molecule has 1 aliphatic heterocycles. The Morgan fingerprint density at radius 2 is 2.10 bits per heavy atom. The lowest BCUT2D eigenvalue weighted by Gasteiger charge is -2.30. The van der Waals surface area contributed by atoms with Gasteiger partial charge in [0.15, 0.2) is 0 Å². The van der Waals surface area contributed by atoms with Gasteiger partial charge in [-0.2, -0.15) is 4.31 Å². The molecule has 1 saturated heterocycles. The summed E-state index contributed by atoms with van der Waals surface area (Å²) in [5.74, 6) is 0. The topological polar surface area (TPSA) is 58.6 Å². The average molecular weight is 332 g/mol. The van der Waals surface area contributed by atoms with Gasteiger partial charge in [-0.25, -0.2) is 8.42 Å². The first-order valence-corrected chi connectivity index (χ1v) is 9.58. The van der Waals surface area contributed by atoms with Crippen LogP contribution in [0.3, 0.4) is 0 Å². The third-order valence-electron chi connectivity index (χ3n) is 3.83. The van der Waals surface area contributed by atoms with Crippen molar-refractivity contribution in [2.24, 2.45) is 0 Å². The summed E-state index contributed by atoms with van der Waals surface area (Å²) in [7, 11) is -1.73. The zero-order valence-corrected chi connectivity index (χ0v) is 14.5. The normalized spacial score (nSPS) is 17.5. The fourth-order valence-electron chi connectivity index (χ4n) is 2.52. The number of nitrogens with one attached hydrogen (secondary N) is 1. The molecule has 0 aliphatic carbocycles. The molecular weight excluding hydrogens is 308 g/mol. The second-order valence-corrected chi connectivity index (χ2v) is 8.59. The predicted octanol–water partition coefficient (Wildman–Crippen LogP) is 1.97. The van der Waals surface area contributed by atoms with Gasteiger partial charge in [-0.05, 0) is 32.4 Å². The van der Waals surface area contributed by atoms with Gasteiger partial charge in [-0.15, -0.1) is 11.3 Å². The Hall–Kier alpha value is -0.470. The molecule has 0 saturated carbocycles. The molecule has 21 heavy (non-hydrogen) atoms. The molecule has 0 aromatic carbocycles. The number of hydrogen-bond acceptors (Lipinski definition) is 5. The number of nitrogens with zero attached hydrogens (tertiary/aromatic N) is 1. The first-order chi connectivity index (χ1) is 9.96. The van der Waals surface area contributed by atoms with Crippen molar-refractivity contribution in [3.05, 3.63) is 15.8 Å². The summed E-state index contributed by atoms with van der Waals surface area (Å²) >= 11 is 1.55. The summed E-state index contributed by atoms with van der Waals surface area (Å²) in [4.78, 5) is 2.38. The lowest BCUT2D eigenvalue weighted by molar-refractivity contribution is 0.0632. The predicted molar refractivity (Wildman–Crippen MR) is 85.2 cm³/mol. The molecule has 2 rings (SSSR count). The highest BCUT2D eigenvalue weighted by molar-refractivity contribution is 7.89. The molecule has 1 N–H and O–H groups in total. The fraction of sp³-hybridized carbons (Fsp3) is 0.714. The molecule has 0 atom stereocenters. The highest BCUT2D eigenvalue weighted by Crippen LogP contribution is 2.30. The van der Waals surface area contributed by atoms with Crippen LogP contribution in [-0.4, -0.2) is 45.6 Å². The Balaban J connectivity index is 2.19. The molecule has 1 aromatic heterocycles. The zero-order valence-electron chi connectivity index (χ0n) is 12.9. The smallest absolute Gasteiger partial charge is 0.244 e. The molecule has 1 aromatic rings. The third-order valence-corrected chi connectivity index (χ3v) is 7.05. The van der Waals surface area contributed by atoms with Gasteiger partial charge in [0.1, 0.15) is 0 Å². The van der Waals surface area contributed by atoms with Crippen LogP contribution in [-0.2, 0) is 21.3 Å². The Kier molecular flexibility index (Phi) is 5.79. The first kappa shape index (κ1) is 16.9. The number of hydrogen-bond donors (Lipinski definition) is 1. The quantitative estimate of drug-likeness (QED) is 0.865. The van der Waals surface area contributed by atoms with Crippen LogP contribution in [0.4, 0.5) is 0 Å². The highest BCUT2D eigenvalue weighted by atomic mass is 32.2. The number of ether oxygens (including phenoxy) is 1. The molecule has 1 fully saturated rings. The number of sulfonamides is 1. The monoisotopic (exact) mass is 332 g/mol. The van der Waals surface area contributed by atoms with Gasteiger partial charge in [-0.3, -0.25) is 0 Å². The Morgan fingerprint density at radius 1 is 1.43 bits per heavy atom. The van der Waals surface area contributed by atoms with Gasteiger partial charge in [0.2, 0.25) is 10.0 Å². The van der Waals surface area contributed by atoms with E-state index in [0.29, 0.717) is 18.1 Å². The molecule has 120 valence electrons. The summed E-state index contributed by atoms with van der Waals surface area (Å²) in [6.07, 6.45) is 1.53. The van der Waals surface area contributed by atoms with Crippen LogP contribution < -0.4 is 5.32 Å². The molecule has 0 radical (unpaired) electrons. The summed E-state index contributed by atoms with van der Waals surface area (Å²) in [6, 6.07) is 1.86. The molecule has 7 heteroatoms. The molecule has 5 nitrogen and oxygen atoms in total. The van der Waals surface area contributed by atoms with E-state index in [2.05, 4.69) is 5.32 Å². The summed E-state index contributed by atoms with van der Waals surface area (Å²) in [5, 5.41) is 3.23. The van der Waals surface area contributed by atoms with Gasteiger partial charge < -0.3 is 10.1 Å². The third kappa shape index (κ3) is 3.84. The van der Waals surface area contributed by atoms with Crippen molar-refractivity contribution in [1.82, 2.24) is 9.62 Å². The minimum atomic E-state index is -3.41. The van der Waals surface area contributed by atoms with E-state index in [1.165, 1.54) is 4.31 Å². The SMILES string of the molecule is CCNCc1cc(S(=O)(=O)N(C)C2CCOCC2)c(C)s1. The molecule has 0 unspecified atom stereocenters. The Bertz CT molecular complexity index is 563. The standard InChI is InChI=1S/C14H24N2O3S2/c1-4-15-10-13-9-14(11(2)20-13)21(17,18)16(3)12-5-7-19-8-6-12/h9,12,15H,4-8,10H2,1-3H3. The van der Waals surface area contributed by atoms with Crippen molar-refractivity contribution in [2.45, 2.75) is 44.2 Å². The van der Waals surface area contributed by atoms with E-state index in [9.17, 15) is 8.42 Å². The van der Waals surface area contributed by atoms with Crippen LogP contribution in [0, 0.1) is 6.92 Å². The highest BCUT2D eigenvalue weighted by Gasteiger charge is 2.31. The van der Waals surface area contributed by atoms with Crippen LogP contribution in [0.5, 0.6) is 0 Å². The summed E-state index contributed by atoms with van der Waals surface area (Å²) < 4.78 is 32.5. The van der Waals surface area contributed by atoms with Crippen molar-refractivity contribution < 1.29 is 13.2 Å². The van der Waals surface area contributed by atoms with Crippen molar-refractivity contribution in [1.29, 1.82) is 0 Å². The average Bonchev–Trinajstić information content (AvgIpc) is 2.87. The molecule has 2 heterocycles. The first-order valence-electron chi connectivity index (χ1n) is 7.32. The van der Waals surface area contributed by atoms with Gasteiger partial charge >= 0.3 is 0 Å². The second kappa shape index (κ2) is 7.19. The van der Waals surface area contributed by atoms with Crippen LogP contribution in [0.15, 0.2) is 11.0 Å². The van der Waals surface area contributed by atoms with E-state index >= 15 is 0 Å². The largest absolute Gasteiger partial charge is 0.381 e. The fourth-order valence-corrected chi connectivity index (χ4v) is 5.50. The Labute approximate surface area is 131 Å². The number of rotatable bonds is 6. The summed E-state index contributed by atoms with van der Waals surface area (Å²) in [5.41, 5.74) is 0. The van der Waals surface area contributed by atoms with Crippen molar-refractivity contribution in [2.75, 3.05) is 26.8 Å². The number of aryl methyl sites for hydroxylation is 1. The Morgan fingerprint density at radius 3 is 2.71 bits per heavy atom. The van der Waals surface area contributed by atoms with Crippen molar-refractivity contribution in [3.63, 3.8) is 0 Å². The minimum Gasteiger partial charge on any atom is -0.381 e. The maximum Gasteiger partial charge on any atom is 0.244 e. The van der Waals surface area contributed by atoms with E-state index in [0.717, 1.165) is 35.7 Å². The van der Waals surface area contributed by atoms with E-state index in [1.54, 1.807) is 18.4 Å². The van der Waals surface area contributed by atoms with Gasteiger partial charge in [0, 0.05) is 42.6 Å². The van der Waals surface area contributed by atoms with Crippen LogP contribution >= 0.6 is 11.3 Å². The van der Waals surface area contributed by atoms with Crippen LogP contribution in [0.2, 0.25) is 0 Å². The molecule has 0 bridgehead atoms. The van der Waals surface area contributed by atoms with Gasteiger partial charge in [-0.1, -0.05) is 6.92 Å². The van der Waals surface area contributed by atoms with Gasteiger partial charge in [0.05, 0.1) is 4.90 Å². The van der Waals surface area contributed by atoms with E-state index in [4.69, 9.17) is 4.74 Å². The summed E-state index contributed by atoms with van der Waals surface area (Å²) in [6.45, 7) is 6.79. The van der Waals surface area contributed by atoms with E-state index in [1.807, 2.05) is 19.9 Å². The molecular formula is C14H24N2O3S2. The second-order valence-electron chi connectivity index (χ2n) is 5.28. The molecule has 0 spiro atoms. The lowest BCUT2D eigenvalue weighted by Crippen LogP contribution is -2.40. The molecule has 0 amide bonds. The van der Waals surface area contributed by atoms with Crippen molar-refractivity contribution in [3.8, 4) is 0 Å². The van der Waals surface area contributed by atoms with E-state index in [-0.39, 0.29) is 6.04 Å². The lowest BCUT2D eigenvalue weighted by atomic mass is 10.1. The minimum absolute atomic E-state index is 0.0419. The van der Waals surface area contributed by atoms with Crippen LogP contribution in [0.1, 0.15) is 29.5 Å². The number of thiophene rings is 1. The maximum absolute atomic E-state index is 12.8. The maximum atomic E-state index is 12.8.